The van der Waals surface area contributed by atoms with Crippen LogP contribution in [0, 0.1) is 0 Å². The smallest absolute Gasteiger partial charge is 0.407 e. The first-order valence-electron chi connectivity index (χ1n) is 7.43. The van der Waals surface area contributed by atoms with E-state index in [1.165, 1.54) is 4.90 Å². The van der Waals surface area contributed by atoms with E-state index in [-0.39, 0.29) is 6.61 Å². The Labute approximate surface area is 133 Å². The number of carboxylic acid groups (broad SMARTS) is 1. The molecule has 0 radical (unpaired) electrons. The summed E-state index contributed by atoms with van der Waals surface area (Å²) in [5, 5.41) is 18.2. The summed E-state index contributed by atoms with van der Waals surface area (Å²) in [4.78, 5) is 23.3. The Kier molecular flexibility index (Phi) is 4.38. The van der Waals surface area contributed by atoms with E-state index in [0.29, 0.717) is 26.2 Å². The predicted octanol–water partition coefficient (Wildman–Crippen LogP) is 1.44. The van der Waals surface area contributed by atoms with Gasteiger partial charge < -0.3 is 20.0 Å². The number of amides is 1. The van der Waals surface area contributed by atoms with E-state index in [0.717, 1.165) is 22.6 Å². The second kappa shape index (κ2) is 6.62. The number of carbonyl (C=O) groups is 1. The zero-order valence-electron chi connectivity index (χ0n) is 12.6. The van der Waals surface area contributed by atoms with Crippen molar-refractivity contribution < 1.29 is 15.0 Å². The lowest BCUT2D eigenvalue weighted by molar-refractivity contribution is 0.142. The molecule has 1 fully saturated rings. The van der Waals surface area contributed by atoms with E-state index in [1.54, 1.807) is 12.4 Å². The summed E-state index contributed by atoms with van der Waals surface area (Å²) in [5.41, 5.74) is 2.53. The van der Waals surface area contributed by atoms with Crippen molar-refractivity contribution in [3.8, 4) is 11.3 Å². The molecule has 7 heteroatoms. The summed E-state index contributed by atoms with van der Waals surface area (Å²) < 4.78 is 0. The maximum atomic E-state index is 11.0. The molecule has 1 aromatic heterocycles. The molecule has 120 valence electrons. The number of benzene rings is 1. The average Bonchev–Trinajstić information content (AvgIpc) is 2.62. The van der Waals surface area contributed by atoms with Crippen LogP contribution in [0.25, 0.3) is 11.3 Å². The van der Waals surface area contributed by atoms with Gasteiger partial charge in [0.1, 0.15) is 5.69 Å². The van der Waals surface area contributed by atoms with Crippen molar-refractivity contribution in [3.05, 3.63) is 42.2 Å². The Bertz CT molecular complexity index is 682. The van der Waals surface area contributed by atoms with Gasteiger partial charge in [0.05, 0.1) is 6.61 Å². The molecule has 1 aliphatic heterocycles. The first-order chi connectivity index (χ1) is 11.2. The third-order valence-electron chi connectivity index (χ3n) is 3.94. The predicted molar refractivity (Wildman–Crippen MR) is 85.2 cm³/mol. The minimum Gasteiger partial charge on any atom is -0.465 e. The Hall–Kier alpha value is -2.67. The molecule has 23 heavy (non-hydrogen) atoms. The van der Waals surface area contributed by atoms with Gasteiger partial charge in [0, 0.05) is 44.1 Å². The second-order valence-corrected chi connectivity index (χ2v) is 5.34. The Morgan fingerprint density at radius 2 is 1.70 bits per heavy atom. The number of aliphatic hydroxyl groups is 1. The molecular weight excluding hydrogens is 296 g/mol. The van der Waals surface area contributed by atoms with Crippen LogP contribution in [0.4, 0.5) is 10.6 Å². The summed E-state index contributed by atoms with van der Waals surface area (Å²) in [5.74, 6) is 0.759. The molecule has 0 atom stereocenters. The first kappa shape index (κ1) is 15.2. The highest BCUT2D eigenvalue weighted by Gasteiger charge is 2.23. The molecular formula is C16H18N4O3. The third-order valence-corrected chi connectivity index (χ3v) is 3.94. The first-order valence-corrected chi connectivity index (χ1v) is 7.43. The van der Waals surface area contributed by atoms with Gasteiger partial charge in [0.2, 0.25) is 0 Å². The normalized spacial score (nSPS) is 14.8. The SMILES string of the molecule is O=C(O)N1CCN(c2nccnc2-c2ccc(CO)cc2)CC1. The fourth-order valence-electron chi connectivity index (χ4n) is 2.64. The number of aliphatic hydroxyl groups excluding tert-OH is 1. The van der Waals surface area contributed by atoms with Crippen LogP contribution in [0.5, 0.6) is 0 Å². The number of nitrogens with zero attached hydrogens (tertiary/aromatic N) is 4. The molecule has 7 nitrogen and oxygen atoms in total. The molecule has 2 aromatic rings. The van der Waals surface area contributed by atoms with E-state index in [2.05, 4.69) is 14.9 Å². The van der Waals surface area contributed by atoms with Crippen molar-refractivity contribution in [2.75, 3.05) is 31.1 Å². The van der Waals surface area contributed by atoms with Crippen LogP contribution in [0.3, 0.4) is 0 Å². The molecule has 1 saturated heterocycles. The lowest BCUT2D eigenvalue weighted by Crippen LogP contribution is -2.48. The monoisotopic (exact) mass is 314 g/mol. The van der Waals surface area contributed by atoms with E-state index >= 15 is 0 Å². The number of piperazine rings is 1. The molecule has 2 heterocycles. The van der Waals surface area contributed by atoms with Gasteiger partial charge in [0.15, 0.2) is 5.82 Å². The van der Waals surface area contributed by atoms with Crippen LogP contribution in [0.1, 0.15) is 5.56 Å². The molecule has 3 rings (SSSR count). The molecule has 0 spiro atoms. The maximum Gasteiger partial charge on any atom is 0.407 e. The fraction of sp³-hybridized carbons (Fsp3) is 0.312. The molecule has 0 bridgehead atoms. The number of hydrogen-bond donors (Lipinski definition) is 2. The lowest BCUT2D eigenvalue weighted by Gasteiger charge is -2.34. The van der Waals surface area contributed by atoms with Crippen molar-refractivity contribution in [2.45, 2.75) is 6.61 Å². The molecule has 2 N–H and O–H groups in total. The van der Waals surface area contributed by atoms with Crippen LogP contribution in [-0.2, 0) is 6.61 Å². The summed E-state index contributed by atoms with van der Waals surface area (Å²) in [6, 6.07) is 7.53. The zero-order valence-corrected chi connectivity index (χ0v) is 12.6. The number of rotatable bonds is 3. The van der Waals surface area contributed by atoms with E-state index in [4.69, 9.17) is 10.2 Å². The van der Waals surface area contributed by atoms with Crippen LogP contribution in [-0.4, -0.2) is 57.4 Å². The Morgan fingerprint density at radius 3 is 2.30 bits per heavy atom. The topological polar surface area (TPSA) is 89.8 Å². The quantitative estimate of drug-likeness (QED) is 0.891. The number of anilines is 1. The van der Waals surface area contributed by atoms with Gasteiger partial charge >= 0.3 is 6.09 Å². The van der Waals surface area contributed by atoms with Gasteiger partial charge in [-0.05, 0) is 5.56 Å². The Balaban J connectivity index is 1.85. The lowest BCUT2D eigenvalue weighted by atomic mass is 10.1. The summed E-state index contributed by atoms with van der Waals surface area (Å²) in [6.45, 7) is 2.09. The van der Waals surface area contributed by atoms with Gasteiger partial charge in [-0.3, -0.25) is 4.98 Å². The van der Waals surface area contributed by atoms with Crippen molar-refractivity contribution in [3.63, 3.8) is 0 Å². The minimum atomic E-state index is -0.886. The van der Waals surface area contributed by atoms with Crippen LogP contribution in [0.15, 0.2) is 36.7 Å². The zero-order chi connectivity index (χ0) is 16.2. The second-order valence-electron chi connectivity index (χ2n) is 5.34. The van der Waals surface area contributed by atoms with Crippen molar-refractivity contribution >= 4 is 11.9 Å². The minimum absolute atomic E-state index is 0.00472. The Morgan fingerprint density at radius 1 is 1.04 bits per heavy atom. The van der Waals surface area contributed by atoms with Crippen molar-refractivity contribution in [1.29, 1.82) is 0 Å². The number of hydrogen-bond acceptors (Lipinski definition) is 5. The average molecular weight is 314 g/mol. The highest BCUT2D eigenvalue weighted by atomic mass is 16.4. The van der Waals surface area contributed by atoms with Gasteiger partial charge in [-0.1, -0.05) is 24.3 Å². The maximum absolute atomic E-state index is 11.0. The van der Waals surface area contributed by atoms with Crippen LogP contribution in [0.2, 0.25) is 0 Å². The molecule has 0 unspecified atom stereocenters. The van der Waals surface area contributed by atoms with E-state index in [9.17, 15) is 4.79 Å². The standard InChI is InChI=1S/C16H18N4O3/c21-11-12-1-3-13(4-2-12)14-15(18-6-5-17-14)19-7-9-20(10-8-19)16(22)23/h1-6,21H,7-11H2,(H,22,23). The largest absolute Gasteiger partial charge is 0.465 e. The third kappa shape index (κ3) is 3.24. The van der Waals surface area contributed by atoms with E-state index < -0.39 is 6.09 Å². The molecule has 0 aliphatic carbocycles. The summed E-state index contributed by atoms with van der Waals surface area (Å²) in [7, 11) is 0. The number of aromatic nitrogens is 2. The van der Waals surface area contributed by atoms with Gasteiger partial charge in [-0.2, -0.15) is 0 Å². The molecule has 0 saturated carbocycles. The van der Waals surface area contributed by atoms with Gasteiger partial charge in [-0.15, -0.1) is 0 Å². The van der Waals surface area contributed by atoms with Crippen molar-refractivity contribution in [1.82, 2.24) is 14.9 Å². The van der Waals surface area contributed by atoms with Gasteiger partial charge in [-0.25, -0.2) is 9.78 Å². The van der Waals surface area contributed by atoms with Crippen molar-refractivity contribution in [2.24, 2.45) is 0 Å². The van der Waals surface area contributed by atoms with E-state index in [1.807, 2.05) is 24.3 Å². The van der Waals surface area contributed by atoms with Crippen LogP contribution >= 0.6 is 0 Å². The highest BCUT2D eigenvalue weighted by molar-refractivity contribution is 5.72. The van der Waals surface area contributed by atoms with Gasteiger partial charge in [0.25, 0.3) is 0 Å². The fourth-order valence-corrected chi connectivity index (χ4v) is 2.64. The summed E-state index contributed by atoms with van der Waals surface area (Å²) >= 11 is 0. The highest BCUT2D eigenvalue weighted by Crippen LogP contribution is 2.27. The summed E-state index contributed by atoms with van der Waals surface area (Å²) in [6.07, 6.45) is 2.40. The molecule has 1 amide bonds. The van der Waals surface area contributed by atoms with Crippen LogP contribution < -0.4 is 4.90 Å². The molecule has 1 aliphatic rings. The molecule has 1 aromatic carbocycles.